The van der Waals surface area contributed by atoms with E-state index >= 15 is 0 Å². The van der Waals surface area contributed by atoms with Gasteiger partial charge in [-0.15, -0.1) is 0 Å². The molecule has 0 saturated heterocycles. The van der Waals surface area contributed by atoms with Crippen LogP contribution in [0.15, 0.2) is 30.3 Å². The lowest BCUT2D eigenvalue weighted by atomic mass is 9.84. The van der Waals surface area contributed by atoms with Crippen molar-refractivity contribution in [1.29, 1.82) is 0 Å². The van der Waals surface area contributed by atoms with Crippen LogP contribution in [0.4, 0.5) is 35.1 Å². The maximum absolute atomic E-state index is 14.0. The number of fused-ring (bicyclic) bond motifs is 1. The Bertz CT molecular complexity index is 850. The maximum atomic E-state index is 14.0. The van der Waals surface area contributed by atoms with Gasteiger partial charge in [-0.1, -0.05) is 18.2 Å². The van der Waals surface area contributed by atoms with Crippen molar-refractivity contribution in [2.75, 3.05) is 0 Å². The lowest BCUT2D eigenvalue weighted by Crippen LogP contribution is -2.65. The van der Waals surface area contributed by atoms with Crippen molar-refractivity contribution in [3.8, 4) is 0 Å². The Labute approximate surface area is 129 Å². The number of allylic oxidation sites excluding steroid dienone is 2. The number of aromatic nitrogens is 2. The first kappa shape index (κ1) is 16.7. The third kappa shape index (κ3) is 1.79. The molecule has 24 heavy (non-hydrogen) atoms. The highest BCUT2D eigenvalue weighted by atomic mass is 19.4. The molecule has 0 amide bonds. The summed E-state index contributed by atoms with van der Waals surface area (Å²) in [7, 11) is 1.28. The van der Waals surface area contributed by atoms with Gasteiger partial charge in [0.15, 0.2) is 0 Å². The molecule has 130 valence electrons. The van der Waals surface area contributed by atoms with Crippen LogP contribution in [0.25, 0.3) is 16.5 Å². The summed E-state index contributed by atoms with van der Waals surface area (Å²) < 4.78 is 110. The zero-order valence-electron chi connectivity index (χ0n) is 11.8. The van der Waals surface area contributed by atoms with Crippen LogP contribution in [0, 0.1) is 0 Å². The molecule has 1 aromatic heterocycles. The first-order chi connectivity index (χ1) is 10.8. The molecule has 0 aliphatic heterocycles. The van der Waals surface area contributed by atoms with Crippen molar-refractivity contribution in [3.63, 3.8) is 0 Å². The quantitative estimate of drug-likeness (QED) is 0.688. The van der Waals surface area contributed by atoms with Crippen LogP contribution >= 0.6 is 0 Å². The molecule has 0 N–H and O–H groups in total. The van der Waals surface area contributed by atoms with Gasteiger partial charge in [0.1, 0.15) is 5.69 Å². The van der Waals surface area contributed by atoms with Crippen LogP contribution in [0.2, 0.25) is 0 Å². The zero-order chi connectivity index (χ0) is 18.1. The summed E-state index contributed by atoms with van der Waals surface area (Å²) in [6, 6.07) is 5.41. The standard InChI is InChI=1S/C14H8F8N2/c1-24-9-5-3-2-4-7(9)10(23-24)8-6-11(15,16)13(19,20)14(21,22)12(8,17)18/h2-6H,1H3. The normalized spacial score (nSPS) is 24.0. The molecule has 3 rings (SSSR count). The minimum atomic E-state index is -6.29. The van der Waals surface area contributed by atoms with Crippen LogP contribution in [0.5, 0.6) is 0 Å². The van der Waals surface area contributed by atoms with E-state index in [1.54, 1.807) is 0 Å². The number of para-hydroxylation sites is 1. The average molecular weight is 356 g/mol. The van der Waals surface area contributed by atoms with Gasteiger partial charge in [-0.2, -0.15) is 40.2 Å². The van der Waals surface area contributed by atoms with E-state index in [9.17, 15) is 35.1 Å². The molecule has 0 fully saturated rings. The smallest absolute Gasteiger partial charge is 0.267 e. The zero-order valence-corrected chi connectivity index (χ0v) is 11.8. The molecule has 1 aromatic carbocycles. The van der Waals surface area contributed by atoms with Gasteiger partial charge >= 0.3 is 23.7 Å². The van der Waals surface area contributed by atoms with E-state index in [1.165, 1.54) is 31.3 Å². The number of halogens is 8. The minimum Gasteiger partial charge on any atom is -0.267 e. The van der Waals surface area contributed by atoms with Gasteiger partial charge in [0.25, 0.3) is 0 Å². The van der Waals surface area contributed by atoms with E-state index < -0.39 is 41.0 Å². The molecule has 2 nitrogen and oxygen atoms in total. The molecule has 0 bridgehead atoms. The van der Waals surface area contributed by atoms with Gasteiger partial charge in [-0.05, 0) is 6.07 Å². The molecule has 0 radical (unpaired) electrons. The Balaban J connectivity index is 2.36. The lowest BCUT2D eigenvalue weighted by Gasteiger charge is -2.40. The number of hydrogen-bond acceptors (Lipinski definition) is 1. The summed E-state index contributed by atoms with van der Waals surface area (Å²) in [5.74, 6) is -23.5. The topological polar surface area (TPSA) is 17.8 Å². The average Bonchev–Trinajstić information content (AvgIpc) is 2.80. The third-order valence-corrected chi connectivity index (χ3v) is 3.88. The summed E-state index contributed by atoms with van der Waals surface area (Å²) in [5.41, 5.74) is -2.64. The summed E-state index contributed by atoms with van der Waals surface area (Å²) in [6.45, 7) is 0. The molecular formula is C14H8F8N2. The van der Waals surface area contributed by atoms with E-state index in [0.717, 1.165) is 4.68 Å². The highest BCUT2D eigenvalue weighted by Gasteiger charge is 2.84. The highest BCUT2D eigenvalue weighted by Crippen LogP contribution is 2.61. The molecule has 1 aliphatic rings. The predicted octanol–water partition coefficient (Wildman–Crippen LogP) is 4.51. The van der Waals surface area contributed by atoms with Gasteiger partial charge in [0.2, 0.25) is 0 Å². The van der Waals surface area contributed by atoms with Crippen molar-refractivity contribution < 1.29 is 35.1 Å². The van der Waals surface area contributed by atoms with E-state index in [2.05, 4.69) is 5.10 Å². The SMILES string of the molecule is Cn1nc(C2=CC(F)(F)C(F)(F)C(F)(F)C2(F)F)c2ccccc21. The Hall–Kier alpha value is -2.13. The molecule has 10 heteroatoms. The monoisotopic (exact) mass is 356 g/mol. The fraction of sp³-hybridized carbons (Fsp3) is 0.357. The third-order valence-electron chi connectivity index (χ3n) is 3.88. The van der Waals surface area contributed by atoms with Crippen molar-refractivity contribution in [3.05, 3.63) is 36.0 Å². The van der Waals surface area contributed by atoms with Crippen molar-refractivity contribution in [1.82, 2.24) is 9.78 Å². The van der Waals surface area contributed by atoms with Gasteiger partial charge in [0.05, 0.1) is 11.1 Å². The van der Waals surface area contributed by atoms with Gasteiger partial charge in [-0.3, -0.25) is 4.68 Å². The number of alkyl halides is 8. The van der Waals surface area contributed by atoms with Crippen molar-refractivity contribution >= 4 is 16.5 Å². The molecule has 0 saturated carbocycles. The van der Waals surface area contributed by atoms with E-state index in [-0.39, 0.29) is 10.9 Å². The van der Waals surface area contributed by atoms with Crippen LogP contribution in [-0.4, -0.2) is 33.5 Å². The second kappa shape index (κ2) is 4.48. The second-order valence-corrected chi connectivity index (χ2v) is 5.39. The summed E-state index contributed by atoms with van der Waals surface area (Å²) >= 11 is 0. The number of nitrogens with zero attached hydrogens (tertiary/aromatic N) is 2. The van der Waals surface area contributed by atoms with Gasteiger partial charge in [0, 0.05) is 18.5 Å². The molecule has 0 atom stereocenters. The van der Waals surface area contributed by atoms with Crippen LogP contribution in [0.1, 0.15) is 5.69 Å². The Morgan fingerprint density at radius 3 is 2.08 bits per heavy atom. The van der Waals surface area contributed by atoms with Crippen LogP contribution in [-0.2, 0) is 7.05 Å². The number of rotatable bonds is 1. The maximum Gasteiger partial charge on any atom is 0.382 e. The second-order valence-electron chi connectivity index (χ2n) is 5.39. The number of benzene rings is 1. The Morgan fingerprint density at radius 2 is 1.46 bits per heavy atom. The first-order valence-corrected chi connectivity index (χ1v) is 6.51. The minimum absolute atomic E-state index is 0.136. The van der Waals surface area contributed by atoms with Crippen molar-refractivity contribution in [2.24, 2.45) is 7.05 Å². The summed E-state index contributed by atoms with van der Waals surface area (Å²) in [6.07, 6.45) is -0.820. The Kier molecular flexibility index (Phi) is 3.12. The lowest BCUT2D eigenvalue weighted by molar-refractivity contribution is -0.348. The molecule has 1 aliphatic carbocycles. The first-order valence-electron chi connectivity index (χ1n) is 6.51. The van der Waals surface area contributed by atoms with Crippen molar-refractivity contribution in [2.45, 2.75) is 23.7 Å². The molecule has 1 heterocycles. The van der Waals surface area contributed by atoms with E-state index in [0.29, 0.717) is 0 Å². The van der Waals surface area contributed by atoms with Crippen LogP contribution < -0.4 is 0 Å². The highest BCUT2D eigenvalue weighted by molar-refractivity contribution is 5.93. The summed E-state index contributed by atoms with van der Waals surface area (Å²) in [4.78, 5) is 0. The number of aryl methyl sites for hydroxylation is 1. The molecule has 0 spiro atoms. The van der Waals surface area contributed by atoms with Gasteiger partial charge < -0.3 is 0 Å². The largest absolute Gasteiger partial charge is 0.382 e. The fourth-order valence-corrected chi connectivity index (χ4v) is 2.57. The van der Waals surface area contributed by atoms with Gasteiger partial charge in [-0.25, -0.2) is 0 Å². The summed E-state index contributed by atoms with van der Waals surface area (Å²) in [5, 5.41) is 3.41. The predicted molar refractivity (Wildman–Crippen MR) is 68.5 cm³/mol. The Morgan fingerprint density at radius 1 is 0.875 bits per heavy atom. The van der Waals surface area contributed by atoms with Crippen LogP contribution in [0.3, 0.4) is 0 Å². The van der Waals surface area contributed by atoms with E-state index in [4.69, 9.17) is 0 Å². The number of hydrogen-bond donors (Lipinski definition) is 0. The molecule has 2 aromatic rings. The molecular weight excluding hydrogens is 348 g/mol. The molecule has 0 unspecified atom stereocenters. The fourth-order valence-electron chi connectivity index (χ4n) is 2.57. The van der Waals surface area contributed by atoms with E-state index in [1.807, 2.05) is 0 Å².